The van der Waals surface area contributed by atoms with Crippen molar-refractivity contribution in [3.05, 3.63) is 95.0 Å². The SMILES string of the molecule is C[C@H](C(=O)Nc1ccccc1C(=O)N[C@H](C)c1ccccc1)N(c1ccc(Cl)cc1)S(C)(=O)=O. The van der Waals surface area contributed by atoms with Gasteiger partial charge in [-0.25, -0.2) is 8.42 Å². The van der Waals surface area contributed by atoms with E-state index < -0.39 is 22.0 Å². The summed E-state index contributed by atoms with van der Waals surface area (Å²) in [6.45, 7) is 3.34. The molecular formula is C25H26ClN3O4S. The van der Waals surface area contributed by atoms with Gasteiger partial charge in [0.25, 0.3) is 5.91 Å². The van der Waals surface area contributed by atoms with E-state index in [9.17, 15) is 18.0 Å². The second kappa shape index (κ2) is 10.7. The summed E-state index contributed by atoms with van der Waals surface area (Å²) < 4.78 is 26.0. The zero-order valence-electron chi connectivity index (χ0n) is 19.0. The Morgan fingerprint density at radius 3 is 2.09 bits per heavy atom. The Bertz CT molecular complexity index is 1260. The minimum Gasteiger partial charge on any atom is -0.345 e. The average molecular weight is 500 g/mol. The van der Waals surface area contributed by atoms with Crippen LogP contribution in [0.15, 0.2) is 78.9 Å². The van der Waals surface area contributed by atoms with E-state index in [1.165, 1.54) is 19.1 Å². The van der Waals surface area contributed by atoms with Crippen molar-refractivity contribution in [2.24, 2.45) is 0 Å². The first kappa shape index (κ1) is 25.3. The third kappa shape index (κ3) is 6.15. The van der Waals surface area contributed by atoms with Crippen LogP contribution in [0.1, 0.15) is 35.8 Å². The van der Waals surface area contributed by atoms with E-state index in [1.807, 2.05) is 37.3 Å². The number of para-hydroxylation sites is 1. The highest BCUT2D eigenvalue weighted by molar-refractivity contribution is 7.92. The summed E-state index contributed by atoms with van der Waals surface area (Å²) >= 11 is 5.92. The summed E-state index contributed by atoms with van der Waals surface area (Å²) in [7, 11) is -3.79. The Hall–Kier alpha value is -3.36. The van der Waals surface area contributed by atoms with Gasteiger partial charge in [0.2, 0.25) is 15.9 Å². The molecule has 0 saturated carbocycles. The number of sulfonamides is 1. The van der Waals surface area contributed by atoms with Crippen LogP contribution in [0.25, 0.3) is 0 Å². The van der Waals surface area contributed by atoms with Gasteiger partial charge in [0.05, 0.1) is 29.2 Å². The molecule has 34 heavy (non-hydrogen) atoms. The van der Waals surface area contributed by atoms with Gasteiger partial charge >= 0.3 is 0 Å². The van der Waals surface area contributed by atoms with Crippen LogP contribution in [0.5, 0.6) is 0 Å². The van der Waals surface area contributed by atoms with Crippen molar-refractivity contribution in [2.45, 2.75) is 25.9 Å². The number of nitrogens with zero attached hydrogens (tertiary/aromatic N) is 1. The highest BCUT2D eigenvalue weighted by Gasteiger charge is 2.30. The zero-order chi connectivity index (χ0) is 24.9. The molecule has 9 heteroatoms. The first-order chi connectivity index (χ1) is 16.1. The third-order valence-electron chi connectivity index (χ3n) is 5.25. The molecule has 7 nitrogen and oxygen atoms in total. The minimum absolute atomic E-state index is 0.248. The third-order valence-corrected chi connectivity index (χ3v) is 6.74. The number of hydrogen-bond acceptors (Lipinski definition) is 4. The molecule has 0 unspecified atom stereocenters. The maximum Gasteiger partial charge on any atom is 0.253 e. The van der Waals surface area contributed by atoms with Crippen LogP contribution >= 0.6 is 11.6 Å². The Balaban J connectivity index is 1.81. The molecule has 0 aromatic heterocycles. The summed E-state index contributed by atoms with van der Waals surface area (Å²) in [5, 5.41) is 6.07. The van der Waals surface area contributed by atoms with Crippen molar-refractivity contribution in [3.8, 4) is 0 Å². The molecular weight excluding hydrogens is 474 g/mol. The van der Waals surface area contributed by atoms with Gasteiger partial charge in [0, 0.05) is 5.02 Å². The van der Waals surface area contributed by atoms with Gasteiger partial charge in [0.1, 0.15) is 6.04 Å². The van der Waals surface area contributed by atoms with Crippen LogP contribution in [-0.2, 0) is 14.8 Å². The van der Waals surface area contributed by atoms with Crippen LogP contribution in [0.2, 0.25) is 5.02 Å². The Kier molecular flexibility index (Phi) is 7.96. The van der Waals surface area contributed by atoms with Gasteiger partial charge in [-0.05, 0) is 55.8 Å². The molecule has 0 bridgehead atoms. The van der Waals surface area contributed by atoms with Crippen LogP contribution < -0.4 is 14.9 Å². The van der Waals surface area contributed by atoms with E-state index in [4.69, 9.17) is 11.6 Å². The lowest BCUT2D eigenvalue weighted by Crippen LogP contribution is -2.45. The highest BCUT2D eigenvalue weighted by Crippen LogP contribution is 2.24. The van der Waals surface area contributed by atoms with Gasteiger partial charge < -0.3 is 10.6 Å². The van der Waals surface area contributed by atoms with E-state index in [1.54, 1.807) is 36.4 Å². The molecule has 0 aliphatic heterocycles. The fourth-order valence-corrected chi connectivity index (χ4v) is 4.82. The van der Waals surface area contributed by atoms with E-state index in [0.717, 1.165) is 16.1 Å². The number of amides is 2. The van der Waals surface area contributed by atoms with Crippen LogP contribution in [0.3, 0.4) is 0 Å². The predicted molar refractivity (Wildman–Crippen MR) is 136 cm³/mol. The lowest BCUT2D eigenvalue weighted by Gasteiger charge is -2.28. The quantitative estimate of drug-likeness (QED) is 0.472. The monoisotopic (exact) mass is 499 g/mol. The maximum absolute atomic E-state index is 13.1. The normalized spacial score (nSPS) is 12.9. The van der Waals surface area contributed by atoms with Crippen LogP contribution in [-0.4, -0.2) is 32.5 Å². The fraction of sp³-hybridized carbons (Fsp3) is 0.200. The smallest absolute Gasteiger partial charge is 0.253 e. The van der Waals surface area contributed by atoms with Crippen molar-refractivity contribution >= 4 is 44.8 Å². The lowest BCUT2D eigenvalue weighted by molar-refractivity contribution is -0.116. The summed E-state index contributed by atoms with van der Waals surface area (Å²) in [5.74, 6) is -0.950. The summed E-state index contributed by atoms with van der Waals surface area (Å²) in [4.78, 5) is 26.1. The standard InChI is InChI=1S/C25H26ClN3O4S/c1-17(19-9-5-4-6-10-19)27-25(31)22-11-7-8-12-23(22)28-24(30)18(2)29(34(3,32)33)21-15-13-20(26)14-16-21/h4-18H,1-3H3,(H,27,31)(H,28,30)/t17-,18-/m1/s1. The lowest BCUT2D eigenvalue weighted by atomic mass is 10.1. The first-order valence-corrected chi connectivity index (χ1v) is 12.8. The molecule has 0 fully saturated rings. The van der Waals surface area contributed by atoms with E-state index in [-0.39, 0.29) is 23.2 Å². The number of benzene rings is 3. The number of nitrogens with one attached hydrogen (secondary N) is 2. The maximum atomic E-state index is 13.1. The minimum atomic E-state index is -3.79. The molecule has 3 rings (SSSR count). The van der Waals surface area contributed by atoms with E-state index in [0.29, 0.717) is 10.7 Å². The second-order valence-corrected chi connectivity index (χ2v) is 10.1. The zero-order valence-corrected chi connectivity index (χ0v) is 20.6. The number of anilines is 2. The highest BCUT2D eigenvalue weighted by atomic mass is 35.5. The first-order valence-electron chi connectivity index (χ1n) is 10.6. The van der Waals surface area contributed by atoms with Gasteiger partial charge in [-0.15, -0.1) is 0 Å². The van der Waals surface area contributed by atoms with Gasteiger partial charge in [-0.3, -0.25) is 13.9 Å². The number of carbonyl (C=O) groups is 2. The molecule has 2 atom stereocenters. The van der Waals surface area contributed by atoms with E-state index in [2.05, 4.69) is 10.6 Å². The summed E-state index contributed by atoms with van der Waals surface area (Å²) in [6.07, 6.45) is 1.03. The van der Waals surface area contributed by atoms with Gasteiger partial charge in [0.15, 0.2) is 0 Å². The molecule has 2 amide bonds. The van der Waals surface area contributed by atoms with Gasteiger partial charge in [-0.2, -0.15) is 0 Å². The van der Waals surface area contributed by atoms with Gasteiger partial charge in [-0.1, -0.05) is 54.1 Å². The molecule has 0 aliphatic carbocycles. The number of rotatable bonds is 8. The predicted octanol–water partition coefficient (Wildman–Crippen LogP) is 4.62. The molecule has 0 aliphatic rings. The molecule has 3 aromatic carbocycles. The van der Waals surface area contributed by atoms with Crippen molar-refractivity contribution in [3.63, 3.8) is 0 Å². The van der Waals surface area contributed by atoms with Crippen molar-refractivity contribution in [1.29, 1.82) is 0 Å². The summed E-state index contributed by atoms with van der Waals surface area (Å²) in [6, 6.07) is 20.9. The van der Waals surface area contributed by atoms with E-state index >= 15 is 0 Å². The average Bonchev–Trinajstić information content (AvgIpc) is 2.80. The number of halogens is 1. The number of carbonyl (C=O) groups excluding carboxylic acids is 2. The molecule has 0 spiro atoms. The van der Waals surface area contributed by atoms with Crippen molar-refractivity contribution in [1.82, 2.24) is 5.32 Å². The molecule has 0 heterocycles. The molecule has 3 aromatic rings. The second-order valence-electron chi connectivity index (χ2n) is 7.85. The largest absolute Gasteiger partial charge is 0.345 e. The van der Waals surface area contributed by atoms with Crippen molar-refractivity contribution < 1.29 is 18.0 Å². The Morgan fingerprint density at radius 2 is 1.47 bits per heavy atom. The molecule has 0 radical (unpaired) electrons. The van der Waals surface area contributed by atoms with Crippen molar-refractivity contribution in [2.75, 3.05) is 15.9 Å². The fourth-order valence-electron chi connectivity index (χ4n) is 3.52. The number of hydrogen-bond donors (Lipinski definition) is 2. The van der Waals surface area contributed by atoms with Crippen LogP contribution in [0, 0.1) is 0 Å². The summed E-state index contributed by atoms with van der Waals surface area (Å²) in [5.41, 5.74) is 1.79. The molecule has 0 saturated heterocycles. The Morgan fingerprint density at radius 1 is 0.882 bits per heavy atom. The molecule has 178 valence electrons. The Labute approximate surface area is 204 Å². The molecule has 2 N–H and O–H groups in total. The topological polar surface area (TPSA) is 95.6 Å². The van der Waals surface area contributed by atoms with Crippen LogP contribution in [0.4, 0.5) is 11.4 Å².